The molecule has 178 valence electrons. The van der Waals surface area contributed by atoms with E-state index in [1.165, 1.54) is 11.5 Å². The number of amides is 1. The first-order chi connectivity index (χ1) is 15.3. The fourth-order valence-corrected chi connectivity index (χ4v) is 5.58. The number of carbonyl (C=O) groups is 1. The Labute approximate surface area is 187 Å². The lowest BCUT2D eigenvalue weighted by Gasteiger charge is -2.18. The molecule has 0 fully saturated rings. The van der Waals surface area contributed by atoms with Crippen LogP contribution in [-0.2, 0) is 23.0 Å². The Morgan fingerprint density at radius 3 is 2.61 bits per heavy atom. The molecule has 0 bridgehead atoms. The number of pyridine rings is 1. The molecule has 0 radical (unpaired) electrons. The zero-order valence-corrected chi connectivity index (χ0v) is 18.6. The lowest BCUT2D eigenvalue weighted by molar-refractivity contribution is -0.147. The van der Waals surface area contributed by atoms with Crippen LogP contribution >= 0.6 is 0 Å². The minimum Gasteiger partial charge on any atom is -0.339 e. The molecular formula is C20H21F4N5O3S. The van der Waals surface area contributed by atoms with Crippen LogP contribution in [0.2, 0.25) is 0 Å². The van der Waals surface area contributed by atoms with Gasteiger partial charge >= 0.3 is 6.18 Å². The Morgan fingerprint density at radius 1 is 1.27 bits per heavy atom. The summed E-state index contributed by atoms with van der Waals surface area (Å²) in [5.41, 5.74) is -0.162. The van der Waals surface area contributed by atoms with Crippen molar-refractivity contribution >= 4 is 21.6 Å². The van der Waals surface area contributed by atoms with E-state index in [9.17, 15) is 30.8 Å². The van der Waals surface area contributed by atoms with Crippen molar-refractivity contribution in [2.45, 2.75) is 63.2 Å². The van der Waals surface area contributed by atoms with Gasteiger partial charge in [-0.25, -0.2) is 13.4 Å². The van der Waals surface area contributed by atoms with Gasteiger partial charge in [0.2, 0.25) is 16.0 Å². The first kappa shape index (κ1) is 24.7. The van der Waals surface area contributed by atoms with Crippen LogP contribution in [-0.4, -0.2) is 36.1 Å². The van der Waals surface area contributed by atoms with Crippen molar-refractivity contribution in [2.24, 2.45) is 0 Å². The van der Waals surface area contributed by atoms with Gasteiger partial charge in [-0.3, -0.25) is 4.79 Å². The highest BCUT2D eigenvalue weighted by Crippen LogP contribution is 2.33. The van der Waals surface area contributed by atoms with Crippen LogP contribution in [0.4, 0.5) is 23.2 Å². The molecule has 0 aromatic carbocycles. The number of carbonyl (C=O) groups excluding carboxylic acids is 1. The first-order valence-corrected chi connectivity index (χ1v) is 11.5. The molecule has 0 saturated carbocycles. The topological polar surface area (TPSA) is 117 Å². The number of nitrogens with zero attached hydrogens (tertiary/aromatic N) is 3. The monoisotopic (exact) mass is 487 g/mol. The number of hydrogen-bond acceptors (Lipinski definition) is 5. The molecule has 1 unspecified atom stereocenters. The minimum atomic E-state index is -4.79. The number of alkyl halides is 3. The fraction of sp³-hybridized carbons (Fsp3) is 0.450. The zero-order chi connectivity index (χ0) is 24.6. The summed E-state index contributed by atoms with van der Waals surface area (Å²) in [7, 11) is -4.62. The molecule has 2 N–H and O–H groups in total. The van der Waals surface area contributed by atoms with Gasteiger partial charge in [0.25, 0.3) is 5.91 Å². The summed E-state index contributed by atoms with van der Waals surface area (Å²) in [6.07, 6.45) is -2.55. The Bertz CT molecular complexity index is 1230. The van der Waals surface area contributed by atoms with E-state index in [1.54, 1.807) is 10.8 Å². The molecule has 0 saturated heterocycles. The number of anilines is 1. The minimum absolute atomic E-state index is 0.0127. The third-order valence-electron chi connectivity index (χ3n) is 5.32. The van der Waals surface area contributed by atoms with E-state index in [0.717, 1.165) is 18.6 Å². The van der Waals surface area contributed by atoms with Crippen molar-refractivity contribution in [3.8, 4) is 6.07 Å². The molecule has 1 aliphatic heterocycles. The van der Waals surface area contributed by atoms with E-state index >= 15 is 0 Å². The van der Waals surface area contributed by atoms with Crippen molar-refractivity contribution in [3.63, 3.8) is 0 Å². The highest BCUT2D eigenvalue weighted by Gasteiger charge is 2.41. The molecule has 3 rings (SSSR count). The van der Waals surface area contributed by atoms with Gasteiger partial charge in [-0.1, -0.05) is 6.42 Å². The van der Waals surface area contributed by atoms with E-state index in [1.807, 2.05) is 0 Å². The number of fused-ring (bicyclic) bond motifs is 1. The maximum atomic E-state index is 13.7. The first-order valence-electron chi connectivity index (χ1n) is 10.0. The van der Waals surface area contributed by atoms with Gasteiger partial charge < -0.3 is 9.88 Å². The number of halogens is 4. The molecule has 2 aromatic rings. The predicted molar refractivity (Wildman–Crippen MR) is 109 cm³/mol. The Hall–Kier alpha value is -2.98. The summed E-state index contributed by atoms with van der Waals surface area (Å²) in [6.45, 7) is 2.33. The number of hydrogen-bond donors (Lipinski definition) is 2. The van der Waals surface area contributed by atoms with Gasteiger partial charge in [0, 0.05) is 29.6 Å². The van der Waals surface area contributed by atoms with Crippen molar-refractivity contribution in [1.82, 2.24) is 14.3 Å². The second-order valence-corrected chi connectivity index (χ2v) is 9.38. The lowest BCUT2D eigenvalue weighted by atomic mass is 10.1. The van der Waals surface area contributed by atoms with Crippen LogP contribution in [0.25, 0.3) is 0 Å². The van der Waals surface area contributed by atoms with Gasteiger partial charge in [-0.05, 0) is 39.2 Å². The van der Waals surface area contributed by atoms with Gasteiger partial charge in [0.05, 0.1) is 0 Å². The molecule has 1 aliphatic rings. The summed E-state index contributed by atoms with van der Waals surface area (Å²) in [5.74, 6) is -1.78. The lowest BCUT2D eigenvalue weighted by Crippen LogP contribution is -2.43. The molecule has 2 aromatic heterocycles. The van der Waals surface area contributed by atoms with Crippen LogP contribution in [0.15, 0.2) is 17.0 Å². The third-order valence-corrected chi connectivity index (χ3v) is 7.07. The summed E-state index contributed by atoms with van der Waals surface area (Å²) in [6, 6.07) is 1.37. The van der Waals surface area contributed by atoms with Gasteiger partial charge in [-0.15, -0.1) is 0 Å². The number of aromatic nitrogens is 2. The quantitative estimate of drug-likeness (QED) is 0.495. The Balaban J connectivity index is 2.08. The second kappa shape index (κ2) is 9.11. The number of sulfonamides is 1. The average Bonchev–Trinajstić information content (AvgIpc) is 2.82. The van der Waals surface area contributed by atoms with E-state index in [4.69, 9.17) is 5.26 Å². The number of nitriles is 1. The molecule has 8 nitrogen and oxygen atoms in total. The predicted octanol–water partition coefficient (Wildman–Crippen LogP) is 3.41. The normalized spacial score (nSPS) is 15.3. The maximum Gasteiger partial charge on any atom is 0.404 e. The van der Waals surface area contributed by atoms with E-state index < -0.39 is 34.1 Å². The number of rotatable bonds is 5. The highest BCUT2D eigenvalue weighted by molar-refractivity contribution is 7.89. The SMILES string of the molecule is Cc1c(S(=O)(=O)NC(C)C(F)(F)F)c2n(c1C(=O)Nc1cc(F)nc(C#N)c1)CCCCC2. The van der Waals surface area contributed by atoms with Crippen LogP contribution in [0.1, 0.15) is 53.6 Å². The van der Waals surface area contributed by atoms with Crippen molar-refractivity contribution in [3.05, 3.63) is 40.7 Å². The molecule has 33 heavy (non-hydrogen) atoms. The largest absolute Gasteiger partial charge is 0.404 e. The fourth-order valence-electron chi connectivity index (χ4n) is 3.84. The maximum absolute atomic E-state index is 13.7. The average molecular weight is 487 g/mol. The van der Waals surface area contributed by atoms with Crippen molar-refractivity contribution < 1.29 is 30.8 Å². The summed E-state index contributed by atoms with van der Waals surface area (Å²) in [5, 5.41) is 11.4. The van der Waals surface area contributed by atoms with Gasteiger partial charge in [-0.2, -0.15) is 27.5 Å². The van der Waals surface area contributed by atoms with E-state index in [-0.39, 0.29) is 46.2 Å². The molecule has 1 amide bonds. The summed E-state index contributed by atoms with van der Waals surface area (Å²) < 4.78 is 81.8. The molecule has 13 heteroatoms. The molecule has 0 spiro atoms. The van der Waals surface area contributed by atoms with Gasteiger partial charge in [0.1, 0.15) is 28.4 Å². The van der Waals surface area contributed by atoms with Crippen LogP contribution in [0.3, 0.4) is 0 Å². The highest BCUT2D eigenvalue weighted by atomic mass is 32.2. The van der Waals surface area contributed by atoms with Crippen molar-refractivity contribution in [2.75, 3.05) is 5.32 Å². The third kappa shape index (κ3) is 5.17. The van der Waals surface area contributed by atoms with Crippen molar-refractivity contribution in [1.29, 1.82) is 5.26 Å². The molecule has 3 heterocycles. The smallest absolute Gasteiger partial charge is 0.339 e. The van der Waals surface area contributed by atoms with E-state index in [0.29, 0.717) is 19.8 Å². The van der Waals surface area contributed by atoms with Gasteiger partial charge in [0.15, 0.2) is 0 Å². The van der Waals surface area contributed by atoms with Crippen LogP contribution in [0, 0.1) is 24.2 Å². The van der Waals surface area contributed by atoms with Crippen LogP contribution in [0.5, 0.6) is 0 Å². The van der Waals surface area contributed by atoms with E-state index in [2.05, 4.69) is 10.3 Å². The standard InChI is InChI=1S/C20H21F4N5O3S/c1-11-17(19(30)27-13-8-14(10-25)26-16(21)9-13)29-7-5-3-4-6-15(29)18(11)33(31,32)28-12(2)20(22,23)24/h8-9,12,28H,3-7H2,1-2H3,(H,26,27,30). The summed E-state index contributed by atoms with van der Waals surface area (Å²) in [4.78, 5) is 16.1. The van der Waals surface area contributed by atoms with Crippen LogP contribution < -0.4 is 10.0 Å². The Morgan fingerprint density at radius 2 is 1.97 bits per heavy atom. The number of nitrogens with one attached hydrogen (secondary N) is 2. The molecule has 1 atom stereocenters. The second-order valence-electron chi connectivity index (χ2n) is 7.73. The molecular weight excluding hydrogens is 466 g/mol. The zero-order valence-electron chi connectivity index (χ0n) is 17.8. The molecule has 0 aliphatic carbocycles. The summed E-state index contributed by atoms with van der Waals surface area (Å²) >= 11 is 0. The Kier molecular flexibility index (Phi) is 6.80.